The SMILES string of the molecule is CN1CCN(c2ccc(N)cc2CCO)CC1. The minimum atomic E-state index is 0.171. The molecule has 4 nitrogen and oxygen atoms in total. The van der Waals surface area contributed by atoms with Gasteiger partial charge in [-0.25, -0.2) is 0 Å². The molecule has 0 atom stereocenters. The molecule has 4 heteroatoms. The number of hydrogen-bond donors (Lipinski definition) is 2. The molecule has 1 aliphatic heterocycles. The van der Waals surface area contributed by atoms with Crippen LogP contribution in [0, 0.1) is 0 Å². The van der Waals surface area contributed by atoms with Gasteiger partial charge in [0, 0.05) is 44.2 Å². The average Bonchev–Trinajstić information content (AvgIpc) is 2.31. The lowest BCUT2D eigenvalue weighted by atomic mass is 10.1. The summed E-state index contributed by atoms with van der Waals surface area (Å²) in [6.45, 7) is 4.42. The van der Waals surface area contributed by atoms with E-state index in [0.29, 0.717) is 6.42 Å². The van der Waals surface area contributed by atoms with Crippen molar-refractivity contribution in [3.05, 3.63) is 23.8 Å². The highest BCUT2D eigenvalue weighted by Crippen LogP contribution is 2.24. The summed E-state index contributed by atoms with van der Waals surface area (Å²) >= 11 is 0. The molecule has 1 aromatic rings. The zero-order valence-corrected chi connectivity index (χ0v) is 10.4. The number of nitrogens with zero attached hydrogens (tertiary/aromatic N) is 2. The van der Waals surface area contributed by atoms with E-state index >= 15 is 0 Å². The molecule has 1 saturated heterocycles. The molecular weight excluding hydrogens is 214 g/mol. The summed E-state index contributed by atoms with van der Waals surface area (Å²) in [6.07, 6.45) is 0.673. The largest absolute Gasteiger partial charge is 0.399 e. The van der Waals surface area contributed by atoms with Crippen LogP contribution >= 0.6 is 0 Å². The quantitative estimate of drug-likeness (QED) is 0.752. The Bertz CT molecular complexity index is 373. The van der Waals surface area contributed by atoms with Crippen molar-refractivity contribution in [2.45, 2.75) is 6.42 Å². The number of hydrogen-bond acceptors (Lipinski definition) is 4. The summed E-state index contributed by atoms with van der Waals surface area (Å²) in [7, 11) is 2.15. The number of aliphatic hydroxyl groups is 1. The Labute approximate surface area is 103 Å². The van der Waals surface area contributed by atoms with Gasteiger partial charge in [0.15, 0.2) is 0 Å². The van der Waals surface area contributed by atoms with Crippen LogP contribution in [0.5, 0.6) is 0 Å². The van der Waals surface area contributed by atoms with E-state index in [-0.39, 0.29) is 6.61 Å². The molecule has 1 heterocycles. The van der Waals surface area contributed by atoms with Gasteiger partial charge in [-0.05, 0) is 37.2 Å². The van der Waals surface area contributed by atoms with E-state index in [1.807, 2.05) is 12.1 Å². The molecule has 3 N–H and O–H groups in total. The first-order valence-electron chi connectivity index (χ1n) is 6.13. The molecule has 0 amide bonds. The first-order valence-corrected chi connectivity index (χ1v) is 6.13. The van der Waals surface area contributed by atoms with Crippen LogP contribution in [0.15, 0.2) is 18.2 Å². The van der Waals surface area contributed by atoms with Crippen molar-refractivity contribution in [3.63, 3.8) is 0 Å². The number of anilines is 2. The van der Waals surface area contributed by atoms with Crippen LogP contribution in [-0.4, -0.2) is 49.8 Å². The van der Waals surface area contributed by atoms with E-state index in [1.165, 1.54) is 5.69 Å². The van der Waals surface area contributed by atoms with Crippen LogP contribution < -0.4 is 10.6 Å². The van der Waals surface area contributed by atoms with Gasteiger partial charge in [-0.1, -0.05) is 0 Å². The second-order valence-electron chi connectivity index (χ2n) is 4.65. The Morgan fingerprint density at radius 3 is 2.59 bits per heavy atom. The fraction of sp³-hybridized carbons (Fsp3) is 0.538. The predicted octanol–water partition coefficient (Wildman–Crippen LogP) is 0.555. The highest BCUT2D eigenvalue weighted by Gasteiger charge is 2.16. The van der Waals surface area contributed by atoms with E-state index in [1.54, 1.807) is 0 Å². The third-order valence-corrected chi connectivity index (χ3v) is 3.33. The van der Waals surface area contributed by atoms with E-state index in [0.717, 1.165) is 37.4 Å². The smallest absolute Gasteiger partial charge is 0.0472 e. The van der Waals surface area contributed by atoms with Gasteiger partial charge in [-0.2, -0.15) is 0 Å². The summed E-state index contributed by atoms with van der Waals surface area (Å²) in [4.78, 5) is 4.71. The topological polar surface area (TPSA) is 52.7 Å². The van der Waals surface area contributed by atoms with Gasteiger partial charge in [0.05, 0.1) is 0 Å². The molecule has 1 aromatic carbocycles. The average molecular weight is 235 g/mol. The number of benzene rings is 1. The van der Waals surface area contributed by atoms with Crippen LogP contribution in [0.2, 0.25) is 0 Å². The molecule has 0 bridgehead atoms. The molecule has 0 aliphatic carbocycles. The second kappa shape index (κ2) is 5.38. The van der Waals surface area contributed by atoms with Gasteiger partial charge in [0.2, 0.25) is 0 Å². The van der Waals surface area contributed by atoms with Crippen molar-refractivity contribution in [2.24, 2.45) is 0 Å². The maximum absolute atomic E-state index is 9.11. The van der Waals surface area contributed by atoms with E-state index in [4.69, 9.17) is 10.8 Å². The Morgan fingerprint density at radius 2 is 1.94 bits per heavy atom. The van der Waals surface area contributed by atoms with E-state index < -0.39 is 0 Å². The summed E-state index contributed by atoms with van der Waals surface area (Å²) in [5.74, 6) is 0. The van der Waals surface area contributed by atoms with Crippen LogP contribution in [0.25, 0.3) is 0 Å². The third-order valence-electron chi connectivity index (χ3n) is 3.33. The predicted molar refractivity (Wildman–Crippen MR) is 71.4 cm³/mol. The summed E-state index contributed by atoms with van der Waals surface area (Å²) in [6, 6.07) is 5.99. The van der Waals surface area contributed by atoms with Gasteiger partial charge in [0.1, 0.15) is 0 Å². The molecule has 0 spiro atoms. The summed E-state index contributed by atoms with van der Waals surface area (Å²) < 4.78 is 0. The lowest BCUT2D eigenvalue weighted by Crippen LogP contribution is -2.44. The number of likely N-dealkylation sites (N-methyl/N-ethyl adjacent to an activating group) is 1. The number of nitrogens with two attached hydrogens (primary N) is 1. The summed E-state index contributed by atoms with van der Waals surface area (Å²) in [5.41, 5.74) is 8.94. The minimum Gasteiger partial charge on any atom is -0.399 e. The molecule has 94 valence electrons. The van der Waals surface area contributed by atoms with Crippen LogP contribution in [0.4, 0.5) is 11.4 Å². The highest BCUT2D eigenvalue weighted by molar-refractivity contribution is 5.60. The Kier molecular flexibility index (Phi) is 3.86. The Morgan fingerprint density at radius 1 is 1.24 bits per heavy atom. The van der Waals surface area contributed by atoms with Crippen LogP contribution in [0.3, 0.4) is 0 Å². The highest BCUT2D eigenvalue weighted by atomic mass is 16.2. The van der Waals surface area contributed by atoms with Crippen molar-refractivity contribution < 1.29 is 5.11 Å². The molecule has 1 fully saturated rings. The van der Waals surface area contributed by atoms with Gasteiger partial charge in [-0.15, -0.1) is 0 Å². The molecule has 0 unspecified atom stereocenters. The third kappa shape index (κ3) is 2.90. The molecular formula is C13H21N3O. The molecule has 17 heavy (non-hydrogen) atoms. The molecule has 1 aliphatic rings. The lowest BCUT2D eigenvalue weighted by molar-refractivity contribution is 0.298. The fourth-order valence-electron chi connectivity index (χ4n) is 2.28. The Hall–Kier alpha value is -1.26. The van der Waals surface area contributed by atoms with Crippen molar-refractivity contribution in [3.8, 4) is 0 Å². The van der Waals surface area contributed by atoms with Gasteiger partial charge in [-0.3, -0.25) is 0 Å². The number of rotatable bonds is 3. The summed E-state index contributed by atoms with van der Waals surface area (Å²) in [5, 5.41) is 9.11. The first kappa shape index (κ1) is 12.2. The number of aliphatic hydroxyl groups excluding tert-OH is 1. The Balaban J connectivity index is 2.18. The van der Waals surface area contributed by atoms with E-state index in [9.17, 15) is 0 Å². The van der Waals surface area contributed by atoms with Crippen molar-refractivity contribution in [1.29, 1.82) is 0 Å². The van der Waals surface area contributed by atoms with Crippen molar-refractivity contribution in [2.75, 3.05) is 50.5 Å². The standard InChI is InChI=1S/C13H21N3O/c1-15-5-7-16(8-6-15)13-3-2-12(14)10-11(13)4-9-17/h2-3,10,17H,4-9,14H2,1H3. The number of nitrogen functional groups attached to an aromatic ring is 1. The van der Waals surface area contributed by atoms with Crippen molar-refractivity contribution in [1.82, 2.24) is 4.90 Å². The fourth-order valence-corrected chi connectivity index (χ4v) is 2.28. The van der Waals surface area contributed by atoms with Gasteiger partial charge in [0.25, 0.3) is 0 Å². The molecule has 0 aromatic heterocycles. The minimum absolute atomic E-state index is 0.171. The van der Waals surface area contributed by atoms with Crippen LogP contribution in [0.1, 0.15) is 5.56 Å². The monoisotopic (exact) mass is 235 g/mol. The van der Waals surface area contributed by atoms with Gasteiger partial charge < -0.3 is 20.6 Å². The normalized spacial score (nSPS) is 17.4. The zero-order valence-electron chi connectivity index (χ0n) is 10.4. The van der Waals surface area contributed by atoms with Crippen LogP contribution in [-0.2, 0) is 6.42 Å². The maximum atomic E-state index is 9.11. The zero-order chi connectivity index (χ0) is 12.3. The van der Waals surface area contributed by atoms with Gasteiger partial charge >= 0.3 is 0 Å². The maximum Gasteiger partial charge on any atom is 0.0472 e. The second-order valence-corrected chi connectivity index (χ2v) is 4.65. The van der Waals surface area contributed by atoms with E-state index in [2.05, 4.69) is 22.9 Å². The molecule has 0 radical (unpaired) electrons. The first-order chi connectivity index (χ1) is 8.20. The number of piperazine rings is 1. The lowest BCUT2D eigenvalue weighted by Gasteiger charge is -2.35. The molecule has 2 rings (SSSR count). The molecule has 0 saturated carbocycles. The van der Waals surface area contributed by atoms with Crippen molar-refractivity contribution >= 4 is 11.4 Å².